The van der Waals surface area contributed by atoms with E-state index < -0.39 is 7.29 Å². The van der Waals surface area contributed by atoms with Gasteiger partial charge in [0.1, 0.15) is 6.42 Å². The van der Waals surface area contributed by atoms with Crippen LogP contribution < -0.4 is 0 Å². The van der Waals surface area contributed by atoms with E-state index in [0.29, 0.717) is 24.8 Å². The van der Waals surface area contributed by atoms with E-state index in [1.54, 1.807) is 0 Å². The highest BCUT2D eigenvalue weighted by Gasteiger charge is 2.16. The van der Waals surface area contributed by atoms with Crippen LogP contribution in [0.5, 0.6) is 0 Å². The molecule has 0 aliphatic heterocycles. The summed E-state index contributed by atoms with van der Waals surface area (Å²) in [5.74, 6) is 0.307. The molecule has 0 fully saturated rings. The summed E-state index contributed by atoms with van der Waals surface area (Å²) in [4.78, 5) is 0. The number of nitrogens with zero attached hydrogens (tertiary/aromatic N) is 2. The van der Waals surface area contributed by atoms with Gasteiger partial charge >= 0.3 is 0 Å². The lowest BCUT2D eigenvalue weighted by Crippen LogP contribution is -2.04. The fraction of sp³-hybridized carbons (Fsp3) is 0.778. The Hall–Kier alpha value is -0.810. The Kier molecular flexibility index (Phi) is 6.23. The van der Waals surface area contributed by atoms with Crippen molar-refractivity contribution in [2.45, 2.75) is 27.2 Å². The van der Waals surface area contributed by atoms with Crippen molar-refractivity contribution < 1.29 is 9.30 Å². The maximum absolute atomic E-state index is 11.9. The van der Waals surface area contributed by atoms with E-state index in [2.05, 4.69) is 4.76 Å². The van der Waals surface area contributed by atoms with Crippen LogP contribution in [0, 0.1) is 11.3 Å². The average Bonchev–Trinajstić information content (AvgIpc) is 2.18. The van der Waals surface area contributed by atoms with Gasteiger partial charge in [0.2, 0.25) is 5.90 Å². The Morgan fingerprint density at radius 2 is 2.00 bits per heavy atom. The Morgan fingerprint density at radius 1 is 1.43 bits per heavy atom. The molecule has 0 heterocycles. The van der Waals surface area contributed by atoms with E-state index in [0.717, 1.165) is 0 Å². The third kappa shape index (κ3) is 4.43. The molecule has 0 aliphatic carbocycles. The van der Waals surface area contributed by atoms with Gasteiger partial charge in [0, 0.05) is 12.3 Å². The van der Waals surface area contributed by atoms with Crippen LogP contribution in [0.25, 0.3) is 0 Å². The first kappa shape index (κ1) is 13.2. The summed E-state index contributed by atoms with van der Waals surface area (Å²) in [7, 11) is -2.48. The molecule has 0 rings (SSSR count). The maximum atomic E-state index is 11.9. The monoisotopic (exact) mass is 216 g/mol. The van der Waals surface area contributed by atoms with Gasteiger partial charge in [-0.1, -0.05) is 13.8 Å². The van der Waals surface area contributed by atoms with Gasteiger partial charge in [-0.2, -0.15) is 10.0 Å². The lowest BCUT2D eigenvalue weighted by atomic mass is 10.5. The second-order valence-corrected chi connectivity index (χ2v) is 5.90. The molecule has 0 amide bonds. The lowest BCUT2D eigenvalue weighted by molar-refractivity contribution is 0.322. The van der Waals surface area contributed by atoms with Crippen molar-refractivity contribution in [1.82, 2.24) is 0 Å². The first-order valence-electron chi connectivity index (χ1n) is 4.78. The molecular formula is C9H17N2O2P. The molecule has 0 N–H and O–H groups in total. The van der Waals surface area contributed by atoms with Gasteiger partial charge in [0.25, 0.3) is 0 Å². The van der Waals surface area contributed by atoms with E-state index in [4.69, 9.17) is 10.00 Å². The molecule has 0 unspecified atom stereocenters. The maximum Gasteiger partial charge on any atom is 0.204 e. The van der Waals surface area contributed by atoms with Crippen LogP contribution in [-0.2, 0) is 9.30 Å². The first-order chi connectivity index (χ1) is 6.61. The summed E-state index contributed by atoms with van der Waals surface area (Å²) >= 11 is 0. The van der Waals surface area contributed by atoms with Crippen LogP contribution in [0.4, 0.5) is 0 Å². The summed E-state index contributed by atoms with van der Waals surface area (Å²) in [5, 5.41) is 8.51. The smallest absolute Gasteiger partial charge is 0.204 e. The van der Waals surface area contributed by atoms with Crippen LogP contribution in [0.2, 0.25) is 0 Å². The van der Waals surface area contributed by atoms with E-state index in [1.807, 2.05) is 26.8 Å². The molecule has 14 heavy (non-hydrogen) atoms. The quantitative estimate of drug-likeness (QED) is 0.403. The van der Waals surface area contributed by atoms with Gasteiger partial charge < -0.3 is 4.74 Å². The topological polar surface area (TPSA) is 62.4 Å². The van der Waals surface area contributed by atoms with Crippen LogP contribution in [0.15, 0.2) is 4.76 Å². The molecule has 0 aromatic heterocycles. The second kappa shape index (κ2) is 6.62. The number of hydrogen-bond donors (Lipinski definition) is 0. The Balaban J connectivity index is 4.70. The van der Waals surface area contributed by atoms with Crippen molar-refractivity contribution in [3.8, 4) is 6.07 Å². The minimum absolute atomic E-state index is 0.0951. The highest BCUT2D eigenvalue weighted by atomic mass is 31.2. The third-order valence-corrected chi connectivity index (χ3v) is 4.39. The van der Waals surface area contributed by atoms with Crippen molar-refractivity contribution in [2.75, 3.05) is 18.9 Å². The van der Waals surface area contributed by atoms with Crippen LogP contribution in [-0.4, -0.2) is 24.8 Å². The molecule has 0 saturated heterocycles. The first-order valence-corrected chi connectivity index (χ1v) is 6.81. The predicted octanol–water partition coefficient (Wildman–Crippen LogP) is 2.65. The standard InChI is InChI=1S/C9H17N2O2P/c1-4-13-9(7-8-10)11-14(12,5-2)6-3/h4-7H2,1-3H3. The normalized spacial score (nSPS) is 12.3. The molecule has 0 aliphatic rings. The number of hydrogen-bond acceptors (Lipinski definition) is 3. The van der Waals surface area contributed by atoms with Crippen LogP contribution >= 0.6 is 7.29 Å². The number of ether oxygens (including phenoxy) is 1. The highest BCUT2D eigenvalue weighted by Crippen LogP contribution is 2.46. The fourth-order valence-corrected chi connectivity index (χ4v) is 2.18. The van der Waals surface area contributed by atoms with Crippen molar-refractivity contribution in [1.29, 1.82) is 5.26 Å². The van der Waals surface area contributed by atoms with E-state index in [9.17, 15) is 4.57 Å². The fourth-order valence-electron chi connectivity index (χ4n) is 0.918. The van der Waals surface area contributed by atoms with E-state index in [1.165, 1.54) is 0 Å². The zero-order valence-corrected chi connectivity index (χ0v) is 9.88. The zero-order chi connectivity index (χ0) is 11.0. The molecule has 0 spiro atoms. The van der Waals surface area contributed by atoms with Crippen LogP contribution in [0.3, 0.4) is 0 Å². The third-order valence-electron chi connectivity index (χ3n) is 1.82. The summed E-state index contributed by atoms with van der Waals surface area (Å²) in [6, 6.07) is 1.95. The average molecular weight is 216 g/mol. The molecule has 0 saturated carbocycles. The molecule has 0 bridgehead atoms. The lowest BCUT2D eigenvalue weighted by Gasteiger charge is -2.10. The SMILES string of the molecule is CCOC(CC#N)=NP(=O)(CC)CC. The summed E-state index contributed by atoms with van der Waals surface area (Å²) in [6.07, 6.45) is 1.13. The van der Waals surface area contributed by atoms with E-state index in [-0.39, 0.29) is 6.42 Å². The van der Waals surface area contributed by atoms with Gasteiger partial charge in [0.15, 0.2) is 7.29 Å². The van der Waals surface area contributed by atoms with Crippen molar-refractivity contribution >= 4 is 13.2 Å². The Bertz CT molecular complexity index is 273. The molecule has 0 aromatic carbocycles. The Morgan fingerprint density at radius 3 is 2.36 bits per heavy atom. The van der Waals surface area contributed by atoms with Crippen molar-refractivity contribution in [3.05, 3.63) is 0 Å². The minimum Gasteiger partial charge on any atom is -0.480 e. The van der Waals surface area contributed by atoms with Gasteiger partial charge in [-0.15, -0.1) is 0 Å². The summed E-state index contributed by atoms with van der Waals surface area (Å²) in [6.45, 7) is 5.94. The van der Waals surface area contributed by atoms with Gasteiger partial charge in [-0.05, 0) is 6.92 Å². The van der Waals surface area contributed by atoms with Gasteiger partial charge in [0.05, 0.1) is 12.7 Å². The molecule has 4 nitrogen and oxygen atoms in total. The molecule has 5 heteroatoms. The molecule has 80 valence electrons. The summed E-state index contributed by atoms with van der Waals surface area (Å²) in [5.41, 5.74) is 0. The van der Waals surface area contributed by atoms with Gasteiger partial charge in [-0.3, -0.25) is 4.57 Å². The van der Waals surface area contributed by atoms with Crippen molar-refractivity contribution in [3.63, 3.8) is 0 Å². The number of nitriles is 1. The largest absolute Gasteiger partial charge is 0.480 e. The molecule has 0 aromatic rings. The van der Waals surface area contributed by atoms with E-state index >= 15 is 0 Å². The van der Waals surface area contributed by atoms with Crippen molar-refractivity contribution in [2.24, 2.45) is 4.76 Å². The highest BCUT2D eigenvalue weighted by molar-refractivity contribution is 7.62. The Labute approximate surface area is 85.4 Å². The minimum atomic E-state index is -2.48. The summed E-state index contributed by atoms with van der Waals surface area (Å²) < 4.78 is 21.1. The molecule has 0 atom stereocenters. The molecule has 0 radical (unpaired) electrons. The number of rotatable bonds is 5. The van der Waals surface area contributed by atoms with Crippen LogP contribution in [0.1, 0.15) is 27.2 Å². The van der Waals surface area contributed by atoms with Gasteiger partial charge in [-0.25, -0.2) is 0 Å². The zero-order valence-electron chi connectivity index (χ0n) is 8.99. The predicted molar refractivity (Wildman–Crippen MR) is 58.0 cm³/mol. The molecular weight excluding hydrogens is 199 g/mol. The second-order valence-electron chi connectivity index (χ2n) is 2.74.